The van der Waals surface area contributed by atoms with Crippen LogP contribution in [0.5, 0.6) is 0 Å². The van der Waals surface area contributed by atoms with E-state index in [9.17, 15) is 26.4 Å². The highest BCUT2D eigenvalue weighted by atomic mass is 32.2. The van der Waals surface area contributed by atoms with E-state index in [1.165, 1.54) is 0 Å². The van der Waals surface area contributed by atoms with E-state index in [4.69, 9.17) is 5.11 Å². The van der Waals surface area contributed by atoms with Gasteiger partial charge in [-0.1, -0.05) is 0 Å². The average Bonchev–Trinajstić information content (AvgIpc) is 3.17. The van der Waals surface area contributed by atoms with Gasteiger partial charge in [-0.15, -0.1) is 0 Å². The maximum atomic E-state index is 12.8. The molecule has 1 saturated carbocycles. The van der Waals surface area contributed by atoms with E-state index < -0.39 is 40.2 Å². The number of benzene rings is 1. The fraction of sp³-hybridized carbons (Fsp3) is 0.462. The SMILES string of the molecule is O=C(O)C[C@H]1c2cc(C(F)(F)F)ccc2S(=O)(=O)N1C1CC1. The zero-order valence-corrected chi connectivity index (χ0v) is 12.0. The van der Waals surface area contributed by atoms with Gasteiger partial charge in [-0.2, -0.15) is 17.5 Å². The number of hydrogen-bond acceptors (Lipinski definition) is 3. The lowest BCUT2D eigenvalue weighted by Crippen LogP contribution is -2.31. The highest BCUT2D eigenvalue weighted by Gasteiger charge is 2.50. The molecule has 1 aromatic carbocycles. The summed E-state index contributed by atoms with van der Waals surface area (Å²) in [6.07, 6.45) is -3.98. The van der Waals surface area contributed by atoms with Crippen molar-refractivity contribution in [3.05, 3.63) is 29.3 Å². The van der Waals surface area contributed by atoms with E-state index in [2.05, 4.69) is 0 Å². The number of alkyl halides is 3. The van der Waals surface area contributed by atoms with Crippen molar-refractivity contribution in [2.75, 3.05) is 0 Å². The Bertz CT molecular complexity index is 740. The molecule has 1 atom stereocenters. The van der Waals surface area contributed by atoms with Crippen molar-refractivity contribution in [2.24, 2.45) is 0 Å². The fourth-order valence-corrected chi connectivity index (χ4v) is 4.87. The van der Waals surface area contributed by atoms with Gasteiger partial charge in [-0.3, -0.25) is 4.79 Å². The van der Waals surface area contributed by atoms with Gasteiger partial charge in [0.05, 0.1) is 22.9 Å². The number of aliphatic carboxylic acids is 1. The number of carbonyl (C=O) groups is 1. The van der Waals surface area contributed by atoms with Crippen molar-refractivity contribution in [2.45, 2.75) is 42.4 Å². The molecule has 0 bridgehead atoms. The third kappa shape index (κ3) is 2.38. The molecule has 1 aliphatic carbocycles. The molecule has 0 saturated heterocycles. The van der Waals surface area contributed by atoms with Crippen molar-refractivity contribution in [3.8, 4) is 0 Å². The molecule has 1 N–H and O–H groups in total. The van der Waals surface area contributed by atoms with Crippen LogP contribution in [-0.2, 0) is 21.0 Å². The van der Waals surface area contributed by atoms with Gasteiger partial charge in [-0.05, 0) is 36.6 Å². The number of hydrogen-bond donors (Lipinski definition) is 1. The first-order valence-corrected chi connectivity index (χ1v) is 8.03. The van der Waals surface area contributed by atoms with E-state index in [1.54, 1.807) is 0 Å². The number of halogens is 3. The Hall–Kier alpha value is -1.61. The van der Waals surface area contributed by atoms with Crippen LogP contribution in [0.1, 0.15) is 36.4 Å². The van der Waals surface area contributed by atoms with Crippen LogP contribution in [0.4, 0.5) is 13.2 Å². The fourth-order valence-electron chi connectivity index (χ4n) is 2.78. The van der Waals surface area contributed by atoms with Gasteiger partial charge in [-0.25, -0.2) is 8.42 Å². The second-order valence-electron chi connectivity index (χ2n) is 5.43. The predicted molar refractivity (Wildman–Crippen MR) is 68.5 cm³/mol. The van der Waals surface area contributed by atoms with Crippen LogP contribution >= 0.6 is 0 Å². The molecular formula is C13H12F3NO4S. The number of nitrogens with zero attached hydrogens (tertiary/aromatic N) is 1. The van der Waals surface area contributed by atoms with E-state index >= 15 is 0 Å². The maximum Gasteiger partial charge on any atom is 0.416 e. The standard InChI is InChI=1S/C13H12F3NO4S/c14-13(15,16)7-1-4-11-9(5-7)10(6-12(18)19)17(8-2-3-8)22(11,20)21/h1,4-5,8,10H,2-3,6H2,(H,18,19)/t10-/m0/s1. The number of sulfonamides is 1. The van der Waals surface area contributed by atoms with E-state index in [1.807, 2.05) is 0 Å². The Kier molecular flexibility index (Phi) is 3.26. The molecule has 0 spiro atoms. The second-order valence-corrected chi connectivity index (χ2v) is 7.24. The van der Waals surface area contributed by atoms with Crippen molar-refractivity contribution < 1.29 is 31.5 Å². The first kappa shape index (κ1) is 15.3. The lowest BCUT2D eigenvalue weighted by atomic mass is 10.0. The monoisotopic (exact) mass is 335 g/mol. The average molecular weight is 335 g/mol. The Balaban J connectivity index is 2.15. The minimum atomic E-state index is -4.61. The van der Waals surface area contributed by atoms with Gasteiger partial charge >= 0.3 is 12.1 Å². The topological polar surface area (TPSA) is 74.7 Å². The van der Waals surface area contributed by atoms with Crippen molar-refractivity contribution in [3.63, 3.8) is 0 Å². The summed E-state index contributed by atoms with van der Waals surface area (Å²) in [7, 11) is -3.94. The molecular weight excluding hydrogens is 323 g/mol. The number of rotatable bonds is 3. The molecule has 1 aromatic rings. The summed E-state index contributed by atoms with van der Waals surface area (Å²) in [5, 5.41) is 8.98. The van der Waals surface area contributed by atoms with Crippen LogP contribution in [0, 0.1) is 0 Å². The summed E-state index contributed by atoms with van der Waals surface area (Å²) in [5.74, 6) is -1.25. The van der Waals surface area contributed by atoms with Crippen LogP contribution in [0.25, 0.3) is 0 Å². The molecule has 120 valence electrons. The van der Waals surface area contributed by atoms with Gasteiger partial charge in [0.2, 0.25) is 10.0 Å². The van der Waals surface area contributed by atoms with Crippen LogP contribution < -0.4 is 0 Å². The zero-order chi connectivity index (χ0) is 16.3. The molecule has 0 aromatic heterocycles. The van der Waals surface area contributed by atoms with Crippen molar-refractivity contribution >= 4 is 16.0 Å². The summed E-state index contributed by atoms with van der Waals surface area (Å²) in [6.45, 7) is 0. The number of fused-ring (bicyclic) bond motifs is 1. The van der Waals surface area contributed by atoms with Crippen molar-refractivity contribution in [1.29, 1.82) is 0 Å². The minimum absolute atomic E-state index is 0.0795. The van der Waals surface area contributed by atoms with Gasteiger partial charge in [0.25, 0.3) is 0 Å². The molecule has 3 rings (SSSR count). The van der Waals surface area contributed by atoms with Crippen LogP contribution in [0.2, 0.25) is 0 Å². The third-order valence-corrected chi connectivity index (χ3v) is 5.87. The van der Waals surface area contributed by atoms with Gasteiger partial charge in [0.15, 0.2) is 0 Å². The zero-order valence-electron chi connectivity index (χ0n) is 11.2. The predicted octanol–water partition coefficient (Wildman–Crippen LogP) is 2.39. The molecule has 1 heterocycles. The summed E-state index contributed by atoms with van der Waals surface area (Å²) in [6, 6.07) is 0.987. The van der Waals surface area contributed by atoms with Crippen LogP contribution in [0.15, 0.2) is 23.1 Å². The molecule has 5 nitrogen and oxygen atoms in total. The van der Waals surface area contributed by atoms with Gasteiger partial charge in [0, 0.05) is 6.04 Å². The minimum Gasteiger partial charge on any atom is -0.481 e. The molecule has 1 fully saturated rings. The molecule has 0 amide bonds. The lowest BCUT2D eigenvalue weighted by molar-refractivity contribution is -0.138. The van der Waals surface area contributed by atoms with E-state index in [0.29, 0.717) is 18.9 Å². The molecule has 22 heavy (non-hydrogen) atoms. The summed E-state index contributed by atoms with van der Waals surface area (Å²) >= 11 is 0. The highest BCUT2D eigenvalue weighted by molar-refractivity contribution is 7.89. The Morgan fingerprint density at radius 3 is 2.45 bits per heavy atom. The molecule has 9 heteroatoms. The summed E-state index contributed by atoms with van der Waals surface area (Å²) < 4.78 is 64.5. The van der Waals surface area contributed by atoms with Crippen LogP contribution in [0.3, 0.4) is 0 Å². The molecule has 0 radical (unpaired) electrons. The normalized spacial score (nSPS) is 24.2. The summed E-state index contributed by atoms with van der Waals surface area (Å²) in [5.41, 5.74) is -1.06. The highest BCUT2D eigenvalue weighted by Crippen LogP contribution is 2.48. The van der Waals surface area contributed by atoms with Gasteiger partial charge in [0.1, 0.15) is 0 Å². The Labute approximate surface area is 124 Å². The van der Waals surface area contributed by atoms with Crippen molar-refractivity contribution in [1.82, 2.24) is 4.31 Å². The molecule has 1 aliphatic heterocycles. The lowest BCUT2D eigenvalue weighted by Gasteiger charge is -2.21. The van der Waals surface area contributed by atoms with Gasteiger partial charge < -0.3 is 5.11 Å². The quantitative estimate of drug-likeness (QED) is 0.920. The number of carboxylic acid groups (broad SMARTS) is 1. The maximum absolute atomic E-state index is 12.8. The van der Waals surface area contributed by atoms with Crippen LogP contribution in [-0.4, -0.2) is 29.8 Å². The molecule has 2 aliphatic rings. The van der Waals surface area contributed by atoms with E-state index in [-0.39, 0.29) is 16.5 Å². The van der Waals surface area contributed by atoms with E-state index in [0.717, 1.165) is 16.4 Å². The molecule has 0 unspecified atom stereocenters. The Morgan fingerprint density at radius 1 is 1.32 bits per heavy atom. The third-order valence-electron chi connectivity index (χ3n) is 3.83. The summed E-state index contributed by atoms with van der Waals surface area (Å²) in [4.78, 5) is 10.8. The second kappa shape index (κ2) is 4.69. The first-order valence-electron chi connectivity index (χ1n) is 6.59. The Morgan fingerprint density at radius 2 is 1.95 bits per heavy atom. The largest absolute Gasteiger partial charge is 0.481 e. The number of carboxylic acids is 1. The smallest absolute Gasteiger partial charge is 0.416 e. The first-order chi connectivity index (χ1) is 10.1.